The van der Waals surface area contributed by atoms with Gasteiger partial charge in [0.25, 0.3) is 5.91 Å². The smallest absolute Gasteiger partial charge is 0.331 e. The first-order valence-corrected chi connectivity index (χ1v) is 10.00. The molecule has 1 aliphatic heterocycles. The monoisotopic (exact) mass is 425 g/mol. The number of carbonyl (C=O) groups excluding carboxylic acids is 2. The second-order valence-electron chi connectivity index (χ2n) is 6.88. The molecule has 0 bridgehead atoms. The molecular formula is C21H28ClNO6. The van der Waals surface area contributed by atoms with Crippen molar-refractivity contribution in [1.82, 2.24) is 4.90 Å². The van der Waals surface area contributed by atoms with Crippen molar-refractivity contribution in [3.8, 4) is 11.5 Å². The molecule has 0 radical (unpaired) electrons. The summed E-state index contributed by atoms with van der Waals surface area (Å²) in [5.74, 6) is 0.0880. The van der Waals surface area contributed by atoms with Crippen LogP contribution in [0.2, 0.25) is 5.02 Å². The van der Waals surface area contributed by atoms with Crippen LogP contribution in [0.15, 0.2) is 18.2 Å². The molecule has 1 aromatic carbocycles. The topological polar surface area (TPSA) is 74.3 Å². The molecule has 2 atom stereocenters. The first-order valence-electron chi connectivity index (χ1n) is 9.62. The van der Waals surface area contributed by atoms with E-state index in [1.54, 1.807) is 23.1 Å². The Morgan fingerprint density at radius 1 is 1.28 bits per heavy atom. The molecule has 1 fully saturated rings. The van der Waals surface area contributed by atoms with Crippen LogP contribution in [-0.4, -0.2) is 62.4 Å². The molecule has 160 valence electrons. The fourth-order valence-corrected chi connectivity index (χ4v) is 3.27. The van der Waals surface area contributed by atoms with Gasteiger partial charge >= 0.3 is 5.97 Å². The van der Waals surface area contributed by atoms with E-state index in [4.69, 9.17) is 30.5 Å². The Kier molecular flexibility index (Phi) is 8.79. The number of ether oxygens (including phenoxy) is 4. The lowest BCUT2D eigenvalue weighted by atomic mass is 10.2. The van der Waals surface area contributed by atoms with Crippen LogP contribution in [0.25, 0.3) is 6.08 Å². The molecule has 1 heterocycles. The quantitative estimate of drug-likeness (QED) is 0.470. The molecular weight excluding hydrogens is 398 g/mol. The van der Waals surface area contributed by atoms with E-state index in [9.17, 15) is 9.59 Å². The maximum absolute atomic E-state index is 12.2. The molecule has 1 aromatic rings. The molecule has 0 aliphatic carbocycles. The minimum absolute atomic E-state index is 0.0395. The van der Waals surface area contributed by atoms with Crippen LogP contribution < -0.4 is 9.47 Å². The zero-order valence-corrected chi connectivity index (χ0v) is 18.0. The summed E-state index contributed by atoms with van der Waals surface area (Å²) in [4.78, 5) is 25.9. The normalized spacial score (nSPS) is 19.3. The van der Waals surface area contributed by atoms with Crippen molar-refractivity contribution in [2.24, 2.45) is 0 Å². The standard InChI is InChI=1S/C21H28ClNO6/c1-5-8-27-21-17(22)9-16(10-18(21)26-4)6-7-20(25)28-13-19(24)23-11-14(2)29-15(3)12-23/h6-7,9-10,14-15H,5,8,11-13H2,1-4H3/b7-6+/t14-,15-/m0/s1. The molecule has 0 saturated carbocycles. The van der Waals surface area contributed by atoms with Gasteiger partial charge in [0.05, 0.1) is 30.9 Å². The maximum Gasteiger partial charge on any atom is 0.331 e. The van der Waals surface area contributed by atoms with E-state index in [-0.39, 0.29) is 24.7 Å². The molecule has 0 N–H and O–H groups in total. The number of methoxy groups -OCH3 is 1. The third-order valence-electron chi connectivity index (χ3n) is 4.22. The number of halogens is 1. The summed E-state index contributed by atoms with van der Waals surface area (Å²) in [6, 6.07) is 3.38. The Bertz CT molecular complexity index is 741. The zero-order chi connectivity index (χ0) is 21.4. The number of hydrogen-bond acceptors (Lipinski definition) is 6. The molecule has 8 heteroatoms. The van der Waals surface area contributed by atoms with Crippen molar-refractivity contribution in [1.29, 1.82) is 0 Å². The number of nitrogens with zero attached hydrogens (tertiary/aromatic N) is 1. The first kappa shape index (κ1) is 23.0. The molecule has 29 heavy (non-hydrogen) atoms. The van der Waals surface area contributed by atoms with E-state index in [2.05, 4.69) is 0 Å². The number of benzene rings is 1. The van der Waals surface area contributed by atoms with Gasteiger partial charge in [0, 0.05) is 19.2 Å². The first-order chi connectivity index (χ1) is 13.8. The zero-order valence-electron chi connectivity index (χ0n) is 17.3. The molecule has 1 aliphatic rings. The summed E-state index contributed by atoms with van der Waals surface area (Å²) in [6.45, 7) is 6.99. The highest BCUT2D eigenvalue weighted by Crippen LogP contribution is 2.36. The Labute approximate surface area is 176 Å². The molecule has 1 saturated heterocycles. The summed E-state index contributed by atoms with van der Waals surface area (Å²) in [7, 11) is 1.52. The minimum atomic E-state index is -0.617. The van der Waals surface area contributed by atoms with Crippen LogP contribution in [0, 0.1) is 0 Å². The van der Waals surface area contributed by atoms with E-state index in [1.807, 2.05) is 20.8 Å². The summed E-state index contributed by atoms with van der Waals surface area (Å²) < 4.78 is 21.6. The molecule has 7 nitrogen and oxygen atoms in total. The number of carbonyl (C=O) groups is 2. The highest BCUT2D eigenvalue weighted by atomic mass is 35.5. The van der Waals surface area contributed by atoms with Gasteiger partial charge in [-0.05, 0) is 44.0 Å². The van der Waals surface area contributed by atoms with Gasteiger partial charge in [-0.25, -0.2) is 4.79 Å². The van der Waals surface area contributed by atoms with Crippen LogP contribution in [0.5, 0.6) is 11.5 Å². The van der Waals surface area contributed by atoms with E-state index in [0.717, 1.165) is 6.42 Å². The van der Waals surface area contributed by atoms with Crippen molar-refractivity contribution < 1.29 is 28.5 Å². The Morgan fingerprint density at radius 3 is 2.59 bits per heavy atom. The predicted molar refractivity (Wildman–Crippen MR) is 110 cm³/mol. The van der Waals surface area contributed by atoms with Crippen LogP contribution in [0.4, 0.5) is 0 Å². The second kappa shape index (κ2) is 11.1. The average Bonchev–Trinajstić information content (AvgIpc) is 2.68. The lowest BCUT2D eigenvalue weighted by molar-refractivity contribution is -0.154. The van der Waals surface area contributed by atoms with Gasteiger partial charge in [-0.2, -0.15) is 0 Å². The van der Waals surface area contributed by atoms with E-state index < -0.39 is 5.97 Å². The molecule has 1 amide bonds. The van der Waals surface area contributed by atoms with E-state index in [0.29, 0.717) is 41.8 Å². The Balaban J connectivity index is 1.93. The number of rotatable bonds is 8. The summed E-state index contributed by atoms with van der Waals surface area (Å²) in [5.41, 5.74) is 0.648. The van der Waals surface area contributed by atoms with Gasteiger partial charge in [-0.1, -0.05) is 18.5 Å². The largest absolute Gasteiger partial charge is 0.493 e. The van der Waals surface area contributed by atoms with Gasteiger partial charge in [-0.15, -0.1) is 0 Å². The van der Waals surface area contributed by atoms with Gasteiger partial charge in [0.2, 0.25) is 0 Å². The SMILES string of the molecule is CCCOc1c(Cl)cc(/C=C/C(=O)OCC(=O)N2C[C@H](C)O[C@@H](C)C2)cc1OC. The third-order valence-corrected chi connectivity index (χ3v) is 4.51. The van der Waals surface area contributed by atoms with Crippen LogP contribution in [0.3, 0.4) is 0 Å². The van der Waals surface area contributed by atoms with Crippen molar-refractivity contribution in [2.75, 3.05) is 33.4 Å². The Hall–Kier alpha value is -2.25. The van der Waals surface area contributed by atoms with Crippen molar-refractivity contribution >= 4 is 29.6 Å². The molecule has 0 spiro atoms. The van der Waals surface area contributed by atoms with Gasteiger partial charge < -0.3 is 23.8 Å². The fourth-order valence-electron chi connectivity index (χ4n) is 3.00. The number of morpholine rings is 1. The Morgan fingerprint density at radius 2 is 1.97 bits per heavy atom. The van der Waals surface area contributed by atoms with Crippen molar-refractivity contribution in [3.05, 3.63) is 28.8 Å². The molecule has 0 aromatic heterocycles. The number of esters is 1. The van der Waals surface area contributed by atoms with Crippen molar-refractivity contribution in [2.45, 2.75) is 39.4 Å². The molecule has 2 rings (SSSR count). The van der Waals surface area contributed by atoms with Crippen molar-refractivity contribution in [3.63, 3.8) is 0 Å². The lowest BCUT2D eigenvalue weighted by Crippen LogP contribution is -2.49. The van der Waals surface area contributed by atoms with Crippen LogP contribution in [0.1, 0.15) is 32.8 Å². The predicted octanol–water partition coefficient (Wildman–Crippen LogP) is 3.33. The number of amides is 1. The maximum atomic E-state index is 12.2. The van der Waals surface area contributed by atoms with Crippen LogP contribution >= 0.6 is 11.6 Å². The summed E-state index contributed by atoms with van der Waals surface area (Å²) in [5, 5.41) is 0.386. The van der Waals surface area contributed by atoms with Crippen LogP contribution in [-0.2, 0) is 19.1 Å². The lowest BCUT2D eigenvalue weighted by Gasteiger charge is -2.35. The highest BCUT2D eigenvalue weighted by molar-refractivity contribution is 6.32. The average molecular weight is 426 g/mol. The van der Waals surface area contributed by atoms with E-state index in [1.165, 1.54) is 13.2 Å². The fraction of sp³-hybridized carbons (Fsp3) is 0.524. The summed E-state index contributed by atoms with van der Waals surface area (Å²) >= 11 is 6.26. The minimum Gasteiger partial charge on any atom is -0.493 e. The summed E-state index contributed by atoms with van der Waals surface area (Å²) in [6.07, 6.45) is 3.55. The molecule has 0 unspecified atom stereocenters. The third kappa shape index (κ3) is 6.94. The second-order valence-corrected chi connectivity index (χ2v) is 7.29. The van der Waals surface area contributed by atoms with Gasteiger partial charge in [0.1, 0.15) is 0 Å². The van der Waals surface area contributed by atoms with E-state index >= 15 is 0 Å². The number of hydrogen-bond donors (Lipinski definition) is 0. The van der Waals surface area contributed by atoms with Gasteiger partial charge in [0.15, 0.2) is 18.1 Å². The van der Waals surface area contributed by atoms with Gasteiger partial charge in [-0.3, -0.25) is 4.79 Å². The highest BCUT2D eigenvalue weighted by Gasteiger charge is 2.26.